The molecule has 1 heterocycles. The van der Waals surface area contributed by atoms with Crippen LogP contribution in [0.2, 0.25) is 0 Å². The molecule has 1 aliphatic carbocycles. The second kappa shape index (κ2) is 3.97. The van der Waals surface area contributed by atoms with Crippen molar-refractivity contribution in [3.05, 3.63) is 0 Å². The van der Waals surface area contributed by atoms with Crippen LogP contribution in [0.5, 0.6) is 0 Å². The zero-order valence-electron chi connectivity index (χ0n) is 8.58. The third-order valence-electron chi connectivity index (χ3n) is 3.62. The molecule has 0 amide bonds. The molecule has 3 unspecified atom stereocenters. The number of aliphatic hydroxyl groups excluding tert-OH is 1. The molecule has 2 fully saturated rings. The molecular formula is C11H21NO. The molecular weight excluding hydrogens is 162 g/mol. The van der Waals surface area contributed by atoms with Crippen molar-refractivity contribution < 1.29 is 5.11 Å². The molecule has 1 aliphatic heterocycles. The van der Waals surface area contributed by atoms with Crippen molar-refractivity contribution in [2.24, 2.45) is 5.92 Å². The Morgan fingerprint density at radius 1 is 1.23 bits per heavy atom. The average Bonchev–Trinajstić information content (AvgIpc) is 2.52. The first kappa shape index (κ1) is 9.47. The highest BCUT2D eigenvalue weighted by atomic mass is 16.3. The first-order chi connectivity index (χ1) is 6.25. The molecule has 0 aromatic heterocycles. The predicted octanol–water partition coefficient (Wildman–Crippen LogP) is 1.63. The number of nitrogens with zero attached hydrogens (tertiary/aromatic N) is 1. The SMILES string of the molecule is CC1CCCC(N2CCC(O)C2)C1. The van der Waals surface area contributed by atoms with Crippen LogP contribution in [-0.4, -0.2) is 35.2 Å². The maximum absolute atomic E-state index is 9.45. The Morgan fingerprint density at radius 3 is 2.69 bits per heavy atom. The maximum Gasteiger partial charge on any atom is 0.0679 e. The number of rotatable bonds is 1. The van der Waals surface area contributed by atoms with E-state index in [1.54, 1.807) is 0 Å². The van der Waals surface area contributed by atoms with Gasteiger partial charge in [0.2, 0.25) is 0 Å². The van der Waals surface area contributed by atoms with E-state index in [2.05, 4.69) is 11.8 Å². The molecule has 2 aliphatic rings. The number of likely N-dealkylation sites (tertiary alicyclic amines) is 1. The van der Waals surface area contributed by atoms with Crippen molar-refractivity contribution in [2.45, 2.75) is 51.2 Å². The molecule has 1 N–H and O–H groups in total. The average molecular weight is 183 g/mol. The van der Waals surface area contributed by atoms with E-state index in [1.807, 2.05) is 0 Å². The van der Waals surface area contributed by atoms with E-state index in [1.165, 1.54) is 25.7 Å². The summed E-state index contributed by atoms with van der Waals surface area (Å²) in [4.78, 5) is 2.50. The second-order valence-corrected chi connectivity index (χ2v) is 4.86. The minimum atomic E-state index is -0.0442. The van der Waals surface area contributed by atoms with Gasteiger partial charge in [0.1, 0.15) is 0 Å². The Morgan fingerprint density at radius 2 is 2.08 bits per heavy atom. The minimum absolute atomic E-state index is 0.0442. The van der Waals surface area contributed by atoms with E-state index < -0.39 is 0 Å². The Bertz CT molecular complexity index is 171. The molecule has 0 radical (unpaired) electrons. The lowest BCUT2D eigenvalue weighted by atomic mass is 9.86. The van der Waals surface area contributed by atoms with E-state index in [4.69, 9.17) is 0 Å². The third-order valence-corrected chi connectivity index (χ3v) is 3.62. The summed E-state index contributed by atoms with van der Waals surface area (Å²) in [5.74, 6) is 0.900. The van der Waals surface area contributed by atoms with Crippen LogP contribution in [0.3, 0.4) is 0 Å². The van der Waals surface area contributed by atoms with Crippen molar-refractivity contribution >= 4 is 0 Å². The van der Waals surface area contributed by atoms with Crippen LogP contribution in [0.15, 0.2) is 0 Å². The molecule has 76 valence electrons. The van der Waals surface area contributed by atoms with E-state index >= 15 is 0 Å². The third kappa shape index (κ3) is 2.23. The number of hydrogen-bond acceptors (Lipinski definition) is 2. The van der Waals surface area contributed by atoms with Gasteiger partial charge in [-0.05, 0) is 25.2 Å². The lowest BCUT2D eigenvalue weighted by molar-refractivity contribution is 0.129. The zero-order chi connectivity index (χ0) is 9.26. The summed E-state index contributed by atoms with van der Waals surface area (Å²) in [7, 11) is 0. The standard InChI is InChI=1S/C11H21NO/c1-9-3-2-4-10(7-9)12-6-5-11(13)8-12/h9-11,13H,2-8H2,1H3. The van der Waals surface area contributed by atoms with Crippen LogP contribution in [0.4, 0.5) is 0 Å². The minimum Gasteiger partial charge on any atom is -0.392 e. The summed E-state index contributed by atoms with van der Waals surface area (Å²) in [5.41, 5.74) is 0. The van der Waals surface area contributed by atoms with Gasteiger partial charge in [0.25, 0.3) is 0 Å². The van der Waals surface area contributed by atoms with Gasteiger partial charge >= 0.3 is 0 Å². The van der Waals surface area contributed by atoms with Crippen LogP contribution in [-0.2, 0) is 0 Å². The van der Waals surface area contributed by atoms with Gasteiger partial charge in [-0.15, -0.1) is 0 Å². The first-order valence-electron chi connectivity index (χ1n) is 5.68. The second-order valence-electron chi connectivity index (χ2n) is 4.86. The highest BCUT2D eigenvalue weighted by Crippen LogP contribution is 2.29. The fraction of sp³-hybridized carbons (Fsp3) is 1.00. The summed E-state index contributed by atoms with van der Waals surface area (Å²) < 4.78 is 0. The summed E-state index contributed by atoms with van der Waals surface area (Å²) in [6, 6.07) is 0.779. The van der Waals surface area contributed by atoms with Gasteiger partial charge in [0.05, 0.1) is 6.10 Å². The fourth-order valence-corrected chi connectivity index (χ4v) is 2.83. The molecule has 0 bridgehead atoms. The largest absolute Gasteiger partial charge is 0.392 e. The molecule has 0 aromatic rings. The van der Waals surface area contributed by atoms with Crippen LogP contribution in [0.25, 0.3) is 0 Å². The number of β-amino-alcohol motifs (C(OH)–C–C–N with tert-alkyl or cyclic N) is 1. The van der Waals surface area contributed by atoms with Crippen LogP contribution >= 0.6 is 0 Å². The van der Waals surface area contributed by atoms with E-state index in [9.17, 15) is 5.11 Å². The summed E-state index contributed by atoms with van der Waals surface area (Å²) >= 11 is 0. The first-order valence-corrected chi connectivity index (χ1v) is 5.68. The van der Waals surface area contributed by atoms with Gasteiger partial charge < -0.3 is 5.11 Å². The molecule has 13 heavy (non-hydrogen) atoms. The molecule has 2 nitrogen and oxygen atoms in total. The molecule has 3 atom stereocenters. The lowest BCUT2D eigenvalue weighted by Gasteiger charge is -2.33. The molecule has 0 aromatic carbocycles. The Balaban J connectivity index is 1.85. The van der Waals surface area contributed by atoms with Crippen molar-refractivity contribution in [1.82, 2.24) is 4.90 Å². The van der Waals surface area contributed by atoms with E-state index in [0.717, 1.165) is 31.5 Å². The monoisotopic (exact) mass is 183 g/mol. The highest BCUT2D eigenvalue weighted by molar-refractivity contribution is 4.84. The Labute approximate surface area is 80.9 Å². The number of hydrogen-bond donors (Lipinski definition) is 1. The summed E-state index contributed by atoms with van der Waals surface area (Å²) in [6.07, 6.45) is 6.46. The van der Waals surface area contributed by atoms with Gasteiger partial charge in [-0.25, -0.2) is 0 Å². The van der Waals surface area contributed by atoms with Gasteiger partial charge in [-0.1, -0.05) is 19.8 Å². The molecule has 1 saturated heterocycles. The van der Waals surface area contributed by atoms with Crippen molar-refractivity contribution in [2.75, 3.05) is 13.1 Å². The summed E-state index contributed by atoms with van der Waals surface area (Å²) in [5, 5.41) is 9.45. The van der Waals surface area contributed by atoms with E-state index in [0.29, 0.717) is 0 Å². The Hall–Kier alpha value is -0.0800. The van der Waals surface area contributed by atoms with Gasteiger partial charge in [-0.3, -0.25) is 4.90 Å². The maximum atomic E-state index is 9.45. The molecule has 2 rings (SSSR count). The topological polar surface area (TPSA) is 23.5 Å². The van der Waals surface area contributed by atoms with Crippen LogP contribution < -0.4 is 0 Å². The van der Waals surface area contributed by atoms with Crippen LogP contribution in [0, 0.1) is 5.92 Å². The quantitative estimate of drug-likeness (QED) is 0.668. The molecule has 2 heteroatoms. The normalized spacial score (nSPS) is 42.5. The smallest absolute Gasteiger partial charge is 0.0679 e. The van der Waals surface area contributed by atoms with Gasteiger partial charge in [-0.2, -0.15) is 0 Å². The lowest BCUT2D eigenvalue weighted by Crippen LogP contribution is -2.37. The fourth-order valence-electron chi connectivity index (χ4n) is 2.83. The van der Waals surface area contributed by atoms with Gasteiger partial charge in [0, 0.05) is 19.1 Å². The van der Waals surface area contributed by atoms with Gasteiger partial charge in [0.15, 0.2) is 0 Å². The molecule has 1 saturated carbocycles. The van der Waals surface area contributed by atoms with Crippen molar-refractivity contribution in [1.29, 1.82) is 0 Å². The zero-order valence-corrected chi connectivity index (χ0v) is 8.58. The van der Waals surface area contributed by atoms with E-state index in [-0.39, 0.29) is 6.10 Å². The van der Waals surface area contributed by atoms with Crippen molar-refractivity contribution in [3.8, 4) is 0 Å². The van der Waals surface area contributed by atoms with Crippen LogP contribution in [0.1, 0.15) is 39.0 Å². The predicted molar refractivity (Wildman–Crippen MR) is 53.6 cm³/mol. The summed E-state index contributed by atoms with van der Waals surface area (Å²) in [6.45, 7) is 4.41. The van der Waals surface area contributed by atoms with Crippen molar-refractivity contribution in [3.63, 3.8) is 0 Å². The molecule has 0 spiro atoms. The Kier molecular flexibility index (Phi) is 2.89. The number of aliphatic hydroxyl groups is 1. The highest BCUT2D eigenvalue weighted by Gasteiger charge is 2.29.